The minimum absolute atomic E-state index is 0.119. The molecule has 0 aliphatic heterocycles. The van der Waals surface area contributed by atoms with Gasteiger partial charge in [0.2, 0.25) is 0 Å². The molecular formula is C11H10O2. The van der Waals surface area contributed by atoms with E-state index in [0.29, 0.717) is 11.9 Å². The standard InChI is InChI=1S/C11H10O2/c1-9(13)7-11(8-12)10-5-3-2-4-6-10/h2-8H,1H3/b11-7-. The van der Waals surface area contributed by atoms with Crippen LogP contribution >= 0.6 is 0 Å². The summed E-state index contributed by atoms with van der Waals surface area (Å²) in [6.07, 6.45) is 2.03. The molecule has 0 bridgehead atoms. The number of allylic oxidation sites excluding steroid dienone is 2. The maximum atomic E-state index is 10.8. The summed E-state index contributed by atoms with van der Waals surface area (Å²) in [5.41, 5.74) is 1.20. The minimum atomic E-state index is -0.119. The van der Waals surface area contributed by atoms with Gasteiger partial charge >= 0.3 is 0 Å². The molecule has 13 heavy (non-hydrogen) atoms. The van der Waals surface area contributed by atoms with Crippen LogP contribution in [-0.2, 0) is 9.59 Å². The summed E-state index contributed by atoms with van der Waals surface area (Å²) in [5.74, 6) is -0.119. The number of aldehydes is 1. The lowest BCUT2D eigenvalue weighted by Gasteiger charge is -1.97. The van der Waals surface area contributed by atoms with Gasteiger partial charge < -0.3 is 0 Å². The summed E-state index contributed by atoms with van der Waals surface area (Å²) >= 11 is 0. The Kier molecular flexibility index (Phi) is 3.15. The van der Waals surface area contributed by atoms with Crippen LogP contribution in [-0.4, -0.2) is 12.1 Å². The molecule has 0 aliphatic carbocycles. The Morgan fingerprint density at radius 2 is 1.85 bits per heavy atom. The van der Waals surface area contributed by atoms with Crippen molar-refractivity contribution in [1.82, 2.24) is 0 Å². The predicted molar refractivity (Wildman–Crippen MR) is 51.2 cm³/mol. The molecule has 0 saturated heterocycles. The Bertz CT molecular complexity index is 336. The number of ketones is 1. The van der Waals surface area contributed by atoms with Crippen molar-refractivity contribution in [3.63, 3.8) is 0 Å². The van der Waals surface area contributed by atoms with Crippen molar-refractivity contribution in [2.45, 2.75) is 6.92 Å². The topological polar surface area (TPSA) is 34.1 Å². The van der Waals surface area contributed by atoms with Gasteiger partial charge in [0.1, 0.15) is 0 Å². The predicted octanol–water partition coefficient (Wildman–Crippen LogP) is 1.86. The molecular weight excluding hydrogens is 164 g/mol. The summed E-state index contributed by atoms with van der Waals surface area (Å²) in [6.45, 7) is 1.42. The molecule has 0 aliphatic rings. The normalized spacial score (nSPS) is 11.0. The maximum Gasteiger partial charge on any atom is 0.153 e. The van der Waals surface area contributed by atoms with E-state index in [2.05, 4.69) is 0 Å². The van der Waals surface area contributed by atoms with Crippen molar-refractivity contribution >= 4 is 17.6 Å². The van der Waals surface area contributed by atoms with E-state index >= 15 is 0 Å². The van der Waals surface area contributed by atoms with Gasteiger partial charge in [-0.3, -0.25) is 9.59 Å². The molecule has 0 heterocycles. The van der Waals surface area contributed by atoms with E-state index < -0.39 is 0 Å². The van der Waals surface area contributed by atoms with Gasteiger partial charge in [0, 0.05) is 5.57 Å². The highest BCUT2D eigenvalue weighted by atomic mass is 16.1. The molecule has 2 nitrogen and oxygen atoms in total. The average molecular weight is 174 g/mol. The van der Waals surface area contributed by atoms with E-state index in [1.807, 2.05) is 18.2 Å². The lowest BCUT2D eigenvalue weighted by Crippen LogP contribution is -1.90. The van der Waals surface area contributed by atoms with Crippen LogP contribution in [0.2, 0.25) is 0 Å². The molecule has 0 aromatic heterocycles. The van der Waals surface area contributed by atoms with Crippen LogP contribution in [0, 0.1) is 0 Å². The first-order valence-electron chi connectivity index (χ1n) is 3.97. The van der Waals surface area contributed by atoms with Crippen molar-refractivity contribution in [3.8, 4) is 0 Å². The maximum absolute atomic E-state index is 10.8. The van der Waals surface area contributed by atoms with Gasteiger partial charge in [-0.1, -0.05) is 30.3 Å². The van der Waals surface area contributed by atoms with Crippen molar-refractivity contribution in [2.75, 3.05) is 0 Å². The lowest BCUT2D eigenvalue weighted by atomic mass is 10.1. The first-order chi connectivity index (χ1) is 6.24. The smallest absolute Gasteiger partial charge is 0.153 e. The highest BCUT2D eigenvalue weighted by Gasteiger charge is 1.99. The molecule has 1 rings (SSSR count). The second-order valence-corrected chi connectivity index (χ2v) is 2.69. The summed E-state index contributed by atoms with van der Waals surface area (Å²) < 4.78 is 0. The molecule has 66 valence electrons. The van der Waals surface area contributed by atoms with Crippen LogP contribution in [0.1, 0.15) is 12.5 Å². The molecule has 0 N–H and O–H groups in total. The van der Waals surface area contributed by atoms with E-state index in [9.17, 15) is 9.59 Å². The van der Waals surface area contributed by atoms with E-state index in [1.165, 1.54) is 13.0 Å². The fourth-order valence-corrected chi connectivity index (χ4v) is 1.03. The van der Waals surface area contributed by atoms with Gasteiger partial charge in [0.25, 0.3) is 0 Å². The highest BCUT2D eigenvalue weighted by Crippen LogP contribution is 2.10. The van der Waals surface area contributed by atoms with E-state index in [-0.39, 0.29) is 5.78 Å². The summed E-state index contributed by atoms with van der Waals surface area (Å²) in [4.78, 5) is 21.4. The molecule has 0 spiro atoms. The summed E-state index contributed by atoms with van der Waals surface area (Å²) in [6, 6.07) is 9.10. The number of carbonyl (C=O) groups excluding carboxylic acids is 2. The zero-order valence-corrected chi connectivity index (χ0v) is 7.36. The summed E-state index contributed by atoms with van der Waals surface area (Å²) in [5, 5.41) is 0. The molecule has 1 aromatic carbocycles. The minimum Gasteiger partial charge on any atom is -0.298 e. The Morgan fingerprint density at radius 1 is 1.23 bits per heavy atom. The average Bonchev–Trinajstić information content (AvgIpc) is 2.15. The monoisotopic (exact) mass is 174 g/mol. The number of hydrogen-bond donors (Lipinski definition) is 0. The van der Waals surface area contributed by atoms with Crippen molar-refractivity contribution in [1.29, 1.82) is 0 Å². The molecule has 0 radical (unpaired) electrons. The fraction of sp³-hybridized carbons (Fsp3) is 0.0909. The molecule has 0 atom stereocenters. The van der Waals surface area contributed by atoms with Crippen LogP contribution in [0.25, 0.3) is 5.57 Å². The third kappa shape index (κ3) is 2.67. The Morgan fingerprint density at radius 3 is 2.31 bits per heavy atom. The Labute approximate surface area is 76.9 Å². The van der Waals surface area contributed by atoms with Crippen LogP contribution in [0.3, 0.4) is 0 Å². The van der Waals surface area contributed by atoms with Crippen LogP contribution in [0.5, 0.6) is 0 Å². The van der Waals surface area contributed by atoms with E-state index in [1.54, 1.807) is 12.1 Å². The fourth-order valence-electron chi connectivity index (χ4n) is 1.03. The second kappa shape index (κ2) is 4.36. The number of rotatable bonds is 3. The Balaban J connectivity index is 3.05. The van der Waals surface area contributed by atoms with Gasteiger partial charge in [-0.2, -0.15) is 0 Å². The largest absolute Gasteiger partial charge is 0.298 e. The van der Waals surface area contributed by atoms with E-state index in [4.69, 9.17) is 0 Å². The van der Waals surface area contributed by atoms with Crippen LogP contribution < -0.4 is 0 Å². The Hall–Kier alpha value is -1.70. The zero-order valence-electron chi connectivity index (χ0n) is 7.36. The quantitative estimate of drug-likeness (QED) is 0.517. The number of hydrogen-bond acceptors (Lipinski definition) is 2. The SMILES string of the molecule is CC(=O)/C=C(/C=O)c1ccccc1. The first kappa shape index (κ1) is 9.39. The first-order valence-corrected chi connectivity index (χ1v) is 3.97. The van der Waals surface area contributed by atoms with E-state index in [0.717, 1.165) is 5.56 Å². The van der Waals surface area contributed by atoms with Crippen LogP contribution in [0.15, 0.2) is 36.4 Å². The third-order valence-electron chi connectivity index (χ3n) is 1.59. The molecule has 1 aromatic rings. The van der Waals surface area contributed by atoms with Crippen molar-refractivity contribution in [3.05, 3.63) is 42.0 Å². The van der Waals surface area contributed by atoms with Crippen molar-refractivity contribution < 1.29 is 9.59 Å². The third-order valence-corrected chi connectivity index (χ3v) is 1.59. The number of carbonyl (C=O) groups is 2. The summed E-state index contributed by atoms with van der Waals surface area (Å²) in [7, 11) is 0. The van der Waals surface area contributed by atoms with Gasteiger partial charge in [-0.25, -0.2) is 0 Å². The highest BCUT2D eigenvalue weighted by molar-refractivity contribution is 6.13. The molecule has 0 unspecified atom stereocenters. The lowest BCUT2D eigenvalue weighted by molar-refractivity contribution is -0.113. The molecule has 2 heteroatoms. The van der Waals surface area contributed by atoms with Gasteiger partial charge in [-0.15, -0.1) is 0 Å². The van der Waals surface area contributed by atoms with Gasteiger partial charge in [0.15, 0.2) is 12.1 Å². The second-order valence-electron chi connectivity index (χ2n) is 2.69. The zero-order chi connectivity index (χ0) is 9.68. The van der Waals surface area contributed by atoms with Gasteiger partial charge in [0.05, 0.1) is 0 Å². The van der Waals surface area contributed by atoms with Crippen molar-refractivity contribution in [2.24, 2.45) is 0 Å². The molecule has 0 amide bonds. The molecule has 0 saturated carbocycles. The van der Waals surface area contributed by atoms with Crippen LogP contribution in [0.4, 0.5) is 0 Å². The number of benzene rings is 1. The molecule has 0 fully saturated rings. The van der Waals surface area contributed by atoms with Gasteiger partial charge in [-0.05, 0) is 18.6 Å².